The van der Waals surface area contributed by atoms with E-state index in [4.69, 9.17) is 9.47 Å². The van der Waals surface area contributed by atoms with Crippen molar-refractivity contribution >= 4 is 29.3 Å². The van der Waals surface area contributed by atoms with Gasteiger partial charge in [-0.25, -0.2) is 0 Å². The zero-order valence-electron chi connectivity index (χ0n) is 53.5. The summed E-state index contributed by atoms with van der Waals surface area (Å²) in [4.78, 5) is 55.7. The Labute approximate surface area is 525 Å². The van der Waals surface area contributed by atoms with Crippen LogP contribution in [0.25, 0.3) is 0 Å². The Balaban J connectivity index is 0.765. The molecule has 0 spiro atoms. The van der Waals surface area contributed by atoms with Crippen molar-refractivity contribution in [1.82, 2.24) is 21.3 Å². The molecule has 0 aliphatic heterocycles. The molecule has 4 aliphatic rings. The molecule has 3 saturated carbocycles. The summed E-state index contributed by atoms with van der Waals surface area (Å²) in [7, 11) is 1.66. The van der Waals surface area contributed by atoms with E-state index >= 15 is 0 Å². The first-order valence-corrected chi connectivity index (χ1v) is 33.4. The van der Waals surface area contributed by atoms with Crippen LogP contribution in [-0.4, -0.2) is 73.7 Å². The molecule has 0 aromatic heterocycles. The van der Waals surface area contributed by atoms with E-state index in [0.29, 0.717) is 62.0 Å². The summed E-state index contributed by atoms with van der Waals surface area (Å²) in [6.45, 7) is 14.0. The molecule has 6 N–H and O–H groups in total. The van der Waals surface area contributed by atoms with Gasteiger partial charge in [-0.05, 0) is 182 Å². The van der Waals surface area contributed by atoms with E-state index in [2.05, 4.69) is 104 Å². The van der Waals surface area contributed by atoms with E-state index in [0.717, 1.165) is 76.4 Å². The van der Waals surface area contributed by atoms with E-state index in [1.54, 1.807) is 36.9 Å². The molecular weight excluding hydrogens is 1090 g/mol. The number of unbranched alkanes of at least 4 members (excludes halogenated alkanes) is 1. The first-order chi connectivity index (χ1) is 42.6. The van der Waals surface area contributed by atoms with Gasteiger partial charge in [0.05, 0.1) is 25.4 Å². The molecule has 10 atom stereocenters. The number of carbonyl (C=O) groups is 4. The number of anilines is 1. The van der Waals surface area contributed by atoms with Crippen molar-refractivity contribution in [3.05, 3.63) is 179 Å². The van der Waals surface area contributed by atoms with Crippen LogP contribution in [0.5, 0.6) is 5.75 Å². The SMILES string of the molecule is COc1ccc(C(NCCCCC(NC(=O)C(Cc2ccccc2)NC(=O)CCC(=O)NCCCO[C@H]2CC[C@@]3(C)C(=CC[C@H]4[C@@H]5CC[C@H](C(C)CCCC(C)C)[C@@]5(C)CC[C@@H]43)C2)C(=O)Nc2ccc(CO)cc2)(c2ccccc2)c2ccccc2)cc1. The van der Waals surface area contributed by atoms with Gasteiger partial charge in [-0.3, -0.25) is 24.5 Å². The van der Waals surface area contributed by atoms with Crippen LogP contribution in [0, 0.1) is 46.3 Å². The topological polar surface area (TPSA) is 167 Å². The van der Waals surface area contributed by atoms with Crippen molar-refractivity contribution < 1.29 is 33.8 Å². The quantitative estimate of drug-likeness (QED) is 0.0145. The van der Waals surface area contributed by atoms with Gasteiger partial charge in [0.1, 0.15) is 17.8 Å². The molecule has 3 unspecified atom stereocenters. The molecule has 4 amide bonds. The van der Waals surface area contributed by atoms with Crippen LogP contribution >= 0.6 is 0 Å². The number of hydrogen-bond acceptors (Lipinski definition) is 8. The molecule has 5 aromatic carbocycles. The zero-order chi connectivity index (χ0) is 62.1. The summed E-state index contributed by atoms with van der Waals surface area (Å²) in [5.74, 6) is 4.08. The molecule has 0 bridgehead atoms. The van der Waals surface area contributed by atoms with Crippen molar-refractivity contribution in [3.8, 4) is 5.75 Å². The number of methoxy groups -OCH3 is 1. The molecule has 4 aliphatic carbocycles. The number of aliphatic hydroxyl groups excluding tert-OH is 1. The van der Waals surface area contributed by atoms with E-state index in [1.807, 2.05) is 78.9 Å². The molecule has 5 aromatic rings. The largest absolute Gasteiger partial charge is 0.497 e. The molecular formula is C76H101N5O7. The van der Waals surface area contributed by atoms with E-state index in [-0.39, 0.29) is 43.3 Å². The maximum absolute atomic E-state index is 14.5. The minimum Gasteiger partial charge on any atom is -0.497 e. The van der Waals surface area contributed by atoms with Gasteiger partial charge in [-0.15, -0.1) is 0 Å². The van der Waals surface area contributed by atoms with Gasteiger partial charge in [-0.2, -0.15) is 0 Å². The average Bonchev–Trinajstić information content (AvgIpc) is 1.43. The second-order valence-corrected chi connectivity index (χ2v) is 27.1. The maximum Gasteiger partial charge on any atom is 0.246 e. The molecule has 0 heterocycles. The Morgan fingerprint density at radius 1 is 0.636 bits per heavy atom. The van der Waals surface area contributed by atoms with Gasteiger partial charge < -0.3 is 35.8 Å². The number of allylic oxidation sites excluding steroid dienone is 1. The lowest BCUT2D eigenvalue weighted by Gasteiger charge is -2.58. The van der Waals surface area contributed by atoms with Crippen LogP contribution in [0.3, 0.4) is 0 Å². The fourth-order valence-electron chi connectivity index (χ4n) is 16.2. The molecule has 88 heavy (non-hydrogen) atoms. The van der Waals surface area contributed by atoms with Crippen molar-refractivity contribution in [2.45, 2.75) is 181 Å². The van der Waals surface area contributed by atoms with Gasteiger partial charge >= 0.3 is 0 Å². The molecule has 12 nitrogen and oxygen atoms in total. The van der Waals surface area contributed by atoms with Crippen LogP contribution in [0.15, 0.2) is 151 Å². The highest BCUT2D eigenvalue weighted by Crippen LogP contribution is 2.67. The third kappa shape index (κ3) is 16.2. The number of amides is 4. The Hall–Kier alpha value is -6.60. The summed E-state index contributed by atoms with van der Waals surface area (Å²) in [5, 5.41) is 25.5. The molecule has 9 rings (SSSR count). The van der Waals surface area contributed by atoms with Gasteiger partial charge in [0.15, 0.2) is 0 Å². The lowest BCUT2D eigenvalue weighted by molar-refractivity contribution is -0.131. The number of hydrogen-bond donors (Lipinski definition) is 6. The van der Waals surface area contributed by atoms with E-state index < -0.39 is 35.3 Å². The van der Waals surface area contributed by atoms with Crippen molar-refractivity contribution in [2.24, 2.45) is 46.3 Å². The van der Waals surface area contributed by atoms with Crippen LogP contribution in [-0.2, 0) is 42.5 Å². The lowest BCUT2D eigenvalue weighted by atomic mass is 9.47. The van der Waals surface area contributed by atoms with Gasteiger partial charge in [0.25, 0.3) is 0 Å². The number of benzene rings is 5. The predicted molar refractivity (Wildman–Crippen MR) is 352 cm³/mol. The third-order valence-electron chi connectivity index (χ3n) is 21.1. The second-order valence-electron chi connectivity index (χ2n) is 27.1. The highest BCUT2D eigenvalue weighted by Gasteiger charge is 2.59. The smallest absolute Gasteiger partial charge is 0.246 e. The Kier molecular flexibility index (Phi) is 23.4. The summed E-state index contributed by atoms with van der Waals surface area (Å²) in [5.41, 5.74) is 6.87. The third-order valence-corrected chi connectivity index (χ3v) is 21.1. The second kappa shape index (κ2) is 31.2. The molecule has 0 saturated heterocycles. The summed E-state index contributed by atoms with van der Waals surface area (Å²) < 4.78 is 12.1. The number of fused-ring (bicyclic) bond motifs is 5. The van der Waals surface area contributed by atoms with Crippen LogP contribution in [0.2, 0.25) is 0 Å². The fraction of sp³-hybridized carbons (Fsp3) is 0.526. The number of carbonyl (C=O) groups excluding carboxylic acids is 4. The minimum absolute atomic E-state index is 0.0374. The molecule has 12 heteroatoms. The monoisotopic (exact) mass is 1200 g/mol. The number of ether oxygens (including phenoxy) is 2. The summed E-state index contributed by atoms with van der Waals surface area (Å²) in [6, 6.07) is 43.1. The van der Waals surface area contributed by atoms with Gasteiger partial charge in [-0.1, -0.05) is 181 Å². The summed E-state index contributed by atoms with van der Waals surface area (Å²) in [6.07, 6.45) is 19.2. The van der Waals surface area contributed by atoms with E-state index in [1.165, 1.54) is 57.8 Å². The van der Waals surface area contributed by atoms with Gasteiger partial charge in [0.2, 0.25) is 23.6 Å². The minimum atomic E-state index is -1.03. The van der Waals surface area contributed by atoms with Crippen molar-refractivity contribution in [1.29, 1.82) is 0 Å². The van der Waals surface area contributed by atoms with E-state index in [9.17, 15) is 24.3 Å². The zero-order valence-corrected chi connectivity index (χ0v) is 53.5. The summed E-state index contributed by atoms with van der Waals surface area (Å²) >= 11 is 0. The Morgan fingerprint density at radius 2 is 1.31 bits per heavy atom. The van der Waals surface area contributed by atoms with Crippen molar-refractivity contribution in [3.63, 3.8) is 0 Å². The molecule has 0 radical (unpaired) electrons. The molecule has 472 valence electrons. The van der Waals surface area contributed by atoms with Gasteiger partial charge in [0, 0.05) is 38.1 Å². The highest BCUT2D eigenvalue weighted by molar-refractivity contribution is 5.98. The highest BCUT2D eigenvalue weighted by atomic mass is 16.5. The lowest BCUT2D eigenvalue weighted by Crippen LogP contribution is -2.53. The van der Waals surface area contributed by atoms with Crippen LogP contribution in [0.4, 0.5) is 5.69 Å². The molecule has 3 fully saturated rings. The maximum atomic E-state index is 14.5. The number of aliphatic hydroxyl groups is 1. The fourth-order valence-corrected chi connectivity index (χ4v) is 16.2. The first kappa shape index (κ1) is 65.8. The standard InChI is InChI=1S/C76H101N5O7/c1-53(2)20-18-21-54(3)65-39-40-66-64-38-33-60-51-63(43-45-74(60,4)67(64)44-46-75(65,66)5)88-49-19-47-77-70(83)41-42-71(84)80-69(50-55-22-10-7-11-23-55)73(86)81-68(72(85)79-61-34-29-56(52-82)30-35-61)28-16-17-48-78-76(57-24-12-8-13-25-57,58-26-14-9-15-27-58)59-31-36-62(87-6)37-32-59/h7-15,22-27,29-37,53-54,63-69,78,82H,16-21,28,38-52H2,1-6H3,(H,77,83)(H,79,85)(H,80,84)(H,81,86)/t54?,63-,64-,65+,66-,67-,68?,69?,74-,75+/m0/s1. The number of nitrogens with one attached hydrogen (secondary N) is 5. The predicted octanol–water partition coefficient (Wildman–Crippen LogP) is 13.8. The van der Waals surface area contributed by atoms with Crippen LogP contribution < -0.4 is 31.3 Å². The number of rotatable bonds is 31. The Morgan fingerprint density at radius 3 is 1.98 bits per heavy atom. The van der Waals surface area contributed by atoms with Crippen molar-refractivity contribution in [2.75, 3.05) is 32.1 Å². The normalized spacial score (nSPS) is 23.3. The van der Waals surface area contributed by atoms with Crippen LogP contribution in [0.1, 0.15) is 172 Å². The Bertz CT molecular complexity index is 3010. The average molecular weight is 1200 g/mol. The first-order valence-electron chi connectivity index (χ1n) is 33.4.